The van der Waals surface area contributed by atoms with Crippen molar-refractivity contribution in [1.82, 2.24) is 0 Å². The summed E-state index contributed by atoms with van der Waals surface area (Å²) in [6, 6.07) is 0. The Morgan fingerprint density at radius 1 is 0.625 bits per heavy atom. The van der Waals surface area contributed by atoms with Crippen molar-refractivity contribution < 1.29 is 5.48 Å². The lowest BCUT2D eigenvalue weighted by Crippen LogP contribution is -2.00. The zero-order valence-electron chi connectivity index (χ0n) is 11.6. The van der Waals surface area contributed by atoms with E-state index in [9.17, 15) is 0 Å². The highest BCUT2D eigenvalue weighted by Gasteiger charge is 2.00. The molecule has 0 aliphatic rings. The molecule has 0 rings (SSSR count). The lowest BCUT2D eigenvalue weighted by molar-refractivity contribution is 0.563. The maximum Gasteiger partial charge on any atom is 0.107 e. The van der Waals surface area contributed by atoms with Gasteiger partial charge >= 0.3 is 0 Å². The van der Waals surface area contributed by atoms with Gasteiger partial charge in [-0.05, 0) is 23.7 Å². The van der Waals surface area contributed by atoms with Gasteiger partial charge in [-0.2, -0.15) is 0 Å². The van der Waals surface area contributed by atoms with E-state index < -0.39 is 0 Å². The first kappa shape index (κ1) is 18.7. The van der Waals surface area contributed by atoms with Gasteiger partial charge in [-0.25, -0.2) is 0 Å². The van der Waals surface area contributed by atoms with Crippen LogP contribution in [0.15, 0.2) is 0 Å². The minimum atomic E-state index is 0. The Bertz CT molecular complexity index is 115. The molecule has 1 nitrogen and oxygen atoms in total. The molecule has 2 heteroatoms. The topological polar surface area (TPSA) is 30.0 Å². The van der Waals surface area contributed by atoms with E-state index in [2.05, 4.69) is 19.4 Å². The molecule has 0 aromatic rings. The monoisotopic (exact) mass is 248 g/mol. The molecule has 1 N–H and O–H groups in total. The molecular weight excluding hydrogens is 216 g/mol. The summed E-state index contributed by atoms with van der Waals surface area (Å²) in [5.41, 5.74) is 0. The van der Waals surface area contributed by atoms with Crippen molar-refractivity contribution in [1.29, 1.82) is 0 Å². The van der Waals surface area contributed by atoms with Gasteiger partial charge in [0.05, 0.1) is 12.5 Å². The molecule has 0 bridgehead atoms. The number of rotatable bonds is 11. The third-order valence-electron chi connectivity index (χ3n) is 2.91. The minimum Gasteiger partial charge on any atom is -0.870 e. The second kappa shape index (κ2) is 15.3. The van der Waals surface area contributed by atoms with E-state index in [1.807, 2.05) is 0 Å². The summed E-state index contributed by atoms with van der Waals surface area (Å²) in [7, 11) is 0.672. The number of hydrogen-bond acceptors (Lipinski definition) is 1. The fraction of sp³-hybridized carbons (Fsp3) is 1.00. The lowest BCUT2D eigenvalue weighted by atomic mass is 10.1. The van der Waals surface area contributed by atoms with Crippen molar-refractivity contribution in [3.05, 3.63) is 0 Å². The minimum absolute atomic E-state index is 0. The lowest BCUT2D eigenvalue weighted by Gasteiger charge is -2.01. The van der Waals surface area contributed by atoms with E-state index in [0.717, 1.165) is 0 Å². The Morgan fingerprint density at radius 2 is 1.00 bits per heavy atom. The standard InChI is InChI=1S/C14H31S.H2O/c1-4-5-6-7-8-9-10-11-12-13-14-15(2)3;/h4-14H2,1-3H3;1H2/q+1;/p-1. The van der Waals surface area contributed by atoms with Gasteiger partial charge in [0.2, 0.25) is 0 Å². The van der Waals surface area contributed by atoms with Gasteiger partial charge in [0.15, 0.2) is 0 Å². The second-order valence-electron chi connectivity index (χ2n) is 4.87. The molecule has 0 amide bonds. The Kier molecular flexibility index (Phi) is 17.9. The predicted molar refractivity (Wildman–Crippen MR) is 77.9 cm³/mol. The maximum atomic E-state index is 2.35. The summed E-state index contributed by atoms with van der Waals surface area (Å²) < 4.78 is 0. The van der Waals surface area contributed by atoms with Crippen molar-refractivity contribution in [2.45, 2.75) is 71.1 Å². The van der Waals surface area contributed by atoms with Crippen molar-refractivity contribution in [2.24, 2.45) is 0 Å². The molecule has 0 atom stereocenters. The van der Waals surface area contributed by atoms with Crippen LogP contribution in [-0.2, 0) is 10.9 Å². The molecule has 0 saturated carbocycles. The summed E-state index contributed by atoms with van der Waals surface area (Å²) in [6.07, 6.45) is 19.3. The highest BCUT2D eigenvalue weighted by atomic mass is 32.2. The third-order valence-corrected chi connectivity index (χ3v) is 4.01. The van der Waals surface area contributed by atoms with E-state index in [-0.39, 0.29) is 5.48 Å². The van der Waals surface area contributed by atoms with Gasteiger partial charge < -0.3 is 5.48 Å². The quantitative estimate of drug-likeness (QED) is 0.388. The van der Waals surface area contributed by atoms with Crippen molar-refractivity contribution >= 4 is 10.9 Å². The van der Waals surface area contributed by atoms with Crippen LogP contribution in [-0.4, -0.2) is 23.7 Å². The van der Waals surface area contributed by atoms with Crippen LogP contribution in [0.3, 0.4) is 0 Å². The smallest absolute Gasteiger partial charge is 0.107 e. The van der Waals surface area contributed by atoms with Crippen molar-refractivity contribution in [2.75, 3.05) is 18.3 Å². The van der Waals surface area contributed by atoms with Crippen LogP contribution in [0.4, 0.5) is 0 Å². The zero-order chi connectivity index (χ0) is 11.4. The van der Waals surface area contributed by atoms with Crippen LogP contribution in [0.1, 0.15) is 71.1 Å². The average Bonchev–Trinajstić information content (AvgIpc) is 2.20. The normalized spacial score (nSPS) is 10.5. The van der Waals surface area contributed by atoms with Gasteiger partial charge in [-0.15, -0.1) is 0 Å². The average molecular weight is 248 g/mol. The first-order valence-corrected chi connectivity index (χ1v) is 9.02. The van der Waals surface area contributed by atoms with E-state index in [0.29, 0.717) is 10.9 Å². The van der Waals surface area contributed by atoms with Crippen LogP contribution >= 0.6 is 0 Å². The summed E-state index contributed by atoms with van der Waals surface area (Å²) in [5.74, 6) is 1.45. The Balaban J connectivity index is 0. The van der Waals surface area contributed by atoms with Crippen LogP contribution < -0.4 is 0 Å². The molecule has 0 unspecified atom stereocenters. The molecule has 0 aromatic carbocycles. The fourth-order valence-electron chi connectivity index (χ4n) is 1.88. The summed E-state index contributed by atoms with van der Waals surface area (Å²) in [6.45, 7) is 2.29. The molecule has 0 aliphatic carbocycles. The number of hydrogen-bond donors (Lipinski definition) is 0. The number of unbranched alkanes of at least 4 members (excludes halogenated alkanes) is 9. The highest BCUT2D eigenvalue weighted by molar-refractivity contribution is 7.95. The fourth-order valence-corrected chi connectivity index (χ4v) is 2.66. The molecule has 0 heterocycles. The van der Waals surface area contributed by atoms with Crippen LogP contribution in [0.5, 0.6) is 0 Å². The maximum absolute atomic E-state index is 2.35. The van der Waals surface area contributed by atoms with Crippen molar-refractivity contribution in [3.63, 3.8) is 0 Å². The summed E-state index contributed by atoms with van der Waals surface area (Å²) >= 11 is 0. The molecule has 0 aliphatic heterocycles. The Morgan fingerprint density at radius 3 is 1.38 bits per heavy atom. The van der Waals surface area contributed by atoms with Crippen LogP contribution in [0.2, 0.25) is 0 Å². The second-order valence-corrected chi connectivity index (χ2v) is 7.25. The third kappa shape index (κ3) is 16.7. The molecule has 0 fully saturated rings. The van der Waals surface area contributed by atoms with Gasteiger partial charge in [0, 0.05) is 0 Å². The van der Waals surface area contributed by atoms with Gasteiger partial charge in [-0.1, -0.05) is 58.3 Å². The molecule has 0 saturated heterocycles. The predicted octanol–water partition coefficient (Wildman–Crippen LogP) is 4.61. The highest BCUT2D eigenvalue weighted by Crippen LogP contribution is 2.10. The van der Waals surface area contributed by atoms with E-state index in [1.54, 1.807) is 0 Å². The van der Waals surface area contributed by atoms with Gasteiger partial charge in [0.1, 0.15) is 5.75 Å². The van der Waals surface area contributed by atoms with E-state index >= 15 is 0 Å². The summed E-state index contributed by atoms with van der Waals surface area (Å²) in [5, 5.41) is 0. The molecule has 16 heavy (non-hydrogen) atoms. The van der Waals surface area contributed by atoms with Gasteiger partial charge in [-0.3, -0.25) is 0 Å². The zero-order valence-corrected chi connectivity index (χ0v) is 12.5. The Hall–Kier alpha value is 0.310. The molecule has 100 valence electrons. The van der Waals surface area contributed by atoms with E-state index in [1.165, 1.54) is 70.0 Å². The van der Waals surface area contributed by atoms with Crippen LogP contribution in [0.25, 0.3) is 0 Å². The molecular formula is C14H32OS. The SMILES string of the molecule is CCCCCCCCCCCC[S+](C)C.[OH-]. The molecule has 0 aromatic heterocycles. The first-order chi connectivity index (χ1) is 7.27. The molecule has 0 spiro atoms. The Labute approximate surface area is 106 Å². The van der Waals surface area contributed by atoms with E-state index in [4.69, 9.17) is 0 Å². The first-order valence-electron chi connectivity index (χ1n) is 6.81. The molecule has 0 radical (unpaired) electrons. The van der Waals surface area contributed by atoms with Gasteiger partial charge in [0.25, 0.3) is 0 Å². The summed E-state index contributed by atoms with van der Waals surface area (Å²) in [4.78, 5) is 0. The van der Waals surface area contributed by atoms with Crippen LogP contribution in [0, 0.1) is 0 Å². The van der Waals surface area contributed by atoms with Crippen molar-refractivity contribution in [3.8, 4) is 0 Å². The largest absolute Gasteiger partial charge is 0.870 e.